The molecule has 2 amide bonds. The third kappa shape index (κ3) is 7.60. The van der Waals surface area contributed by atoms with Crippen LogP contribution in [0.3, 0.4) is 0 Å². The predicted molar refractivity (Wildman–Crippen MR) is 194 cm³/mol. The molecule has 4 bridgehead atoms. The fourth-order valence-corrected chi connectivity index (χ4v) is 10.1. The normalized spacial score (nSPS) is 28.7. The van der Waals surface area contributed by atoms with Crippen molar-refractivity contribution in [2.75, 3.05) is 5.75 Å². The maximum absolute atomic E-state index is 13.1. The van der Waals surface area contributed by atoms with E-state index in [1.165, 1.54) is 24.2 Å². The van der Waals surface area contributed by atoms with Crippen molar-refractivity contribution in [3.63, 3.8) is 0 Å². The van der Waals surface area contributed by atoms with E-state index < -0.39 is 6.29 Å². The van der Waals surface area contributed by atoms with Crippen LogP contribution >= 0.6 is 11.8 Å². The average molecular weight is 675 g/mol. The van der Waals surface area contributed by atoms with Crippen LogP contribution in [0.25, 0.3) is 11.1 Å². The zero-order valence-corrected chi connectivity index (χ0v) is 28.7. The second-order valence-corrected chi connectivity index (χ2v) is 15.9. The van der Waals surface area contributed by atoms with Crippen LogP contribution in [0.15, 0.2) is 108 Å². The standard InChI is InChI=1S/C42H46N2O4S/c45-26-28-9-11-34(12-10-28)39-21-37(27-49-38-7-2-1-3-8-38)47-40(48-39)35-15-13-33(14-16-35)36-6-4-5-29(20-36)25-43-41(46)44-42-22-30-17-31(23-42)19-32(18-30)24-42/h1-16,20,30-32,37,39-40,45H,17-19,21-27H2,(H2,43,44,46)/t30?,31?,32?,37-,39+,40+,42?/m0/s1. The van der Waals surface area contributed by atoms with Crippen molar-refractivity contribution in [1.82, 2.24) is 10.6 Å². The molecular formula is C42H46N2O4S. The van der Waals surface area contributed by atoms with Crippen molar-refractivity contribution >= 4 is 17.8 Å². The van der Waals surface area contributed by atoms with E-state index >= 15 is 0 Å². The lowest BCUT2D eigenvalue weighted by Gasteiger charge is -2.56. The summed E-state index contributed by atoms with van der Waals surface area (Å²) < 4.78 is 13.1. The lowest BCUT2D eigenvalue weighted by molar-refractivity contribution is -0.245. The van der Waals surface area contributed by atoms with Gasteiger partial charge in [0.2, 0.25) is 0 Å². The molecule has 6 nitrogen and oxygen atoms in total. The first kappa shape index (κ1) is 32.6. The number of nitrogens with one attached hydrogen (secondary N) is 2. The number of ether oxygens (including phenoxy) is 2. The van der Waals surface area contributed by atoms with E-state index in [2.05, 4.69) is 95.6 Å². The third-order valence-electron chi connectivity index (χ3n) is 11.1. The number of aliphatic hydroxyl groups excluding tert-OH is 1. The number of thioether (sulfide) groups is 1. The van der Waals surface area contributed by atoms with Crippen LogP contribution in [0.5, 0.6) is 0 Å². The summed E-state index contributed by atoms with van der Waals surface area (Å²) in [6, 6.07) is 35.3. The van der Waals surface area contributed by atoms with Crippen LogP contribution in [0.2, 0.25) is 0 Å². The summed E-state index contributed by atoms with van der Waals surface area (Å²) in [6.45, 7) is 0.521. The molecule has 4 aliphatic carbocycles. The Hall–Kier alpha value is -3.62. The SMILES string of the molecule is O=C(NCc1cccc(-c2ccc([C@@H]3O[C@H](CSc4ccccc4)C[C@H](c4ccc(CO)cc4)O3)cc2)c1)NC12CC3CC(CC(C3)C1)C2. The highest BCUT2D eigenvalue weighted by molar-refractivity contribution is 7.99. The molecule has 1 saturated heterocycles. The minimum absolute atomic E-state index is 0.00970. The molecule has 9 rings (SSSR count). The van der Waals surface area contributed by atoms with Gasteiger partial charge in [-0.25, -0.2) is 4.79 Å². The van der Waals surface area contributed by atoms with Crippen LogP contribution in [-0.4, -0.2) is 28.5 Å². The van der Waals surface area contributed by atoms with Gasteiger partial charge < -0.3 is 25.2 Å². The zero-order chi connectivity index (χ0) is 33.2. The Labute approximate surface area is 294 Å². The molecule has 4 aromatic rings. The van der Waals surface area contributed by atoms with Crippen molar-refractivity contribution in [2.45, 2.75) is 87.0 Å². The molecule has 254 valence electrons. The van der Waals surface area contributed by atoms with Crippen LogP contribution < -0.4 is 10.6 Å². The maximum atomic E-state index is 13.1. The van der Waals surface area contributed by atoms with Gasteiger partial charge in [-0.2, -0.15) is 0 Å². The Bertz CT molecular complexity index is 1690. The molecule has 4 aromatic carbocycles. The Morgan fingerprint density at radius 3 is 2.12 bits per heavy atom. The first-order valence-corrected chi connectivity index (χ1v) is 18.9. The van der Waals surface area contributed by atoms with Crippen molar-refractivity contribution in [3.05, 3.63) is 125 Å². The predicted octanol–water partition coefficient (Wildman–Crippen LogP) is 8.95. The number of hydrogen-bond acceptors (Lipinski definition) is 5. The molecular weight excluding hydrogens is 629 g/mol. The van der Waals surface area contributed by atoms with Gasteiger partial charge in [0.25, 0.3) is 0 Å². The second-order valence-electron chi connectivity index (χ2n) is 14.8. The molecule has 0 unspecified atom stereocenters. The molecule has 5 aliphatic rings. The quantitative estimate of drug-likeness (QED) is 0.146. The van der Waals surface area contributed by atoms with Crippen molar-refractivity contribution in [1.29, 1.82) is 0 Å². The number of rotatable bonds is 10. The molecule has 0 radical (unpaired) electrons. The van der Waals surface area contributed by atoms with Gasteiger partial charge >= 0.3 is 6.03 Å². The second kappa shape index (κ2) is 14.3. The number of benzene rings is 4. The third-order valence-corrected chi connectivity index (χ3v) is 12.3. The maximum Gasteiger partial charge on any atom is 0.315 e. The monoisotopic (exact) mass is 674 g/mol. The van der Waals surface area contributed by atoms with E-state index in [1.807, 2.05) is 18.2 Å². The van der Waals surface area contributed by atoms with E-state index in [1.54, 1.807) is 11.8 Å². The van der Waals surface area contributed by atoms with Crippen LogP contribution in [0.4, 0.5) is 4.79 Å². The lowest BCUT2D eigenvalue weighted by atomic mass is 9.53. The van der Waals surface area contributed by atoms with Crippen molar-refractivity contribution < 1.29 is 19.4 Å². The summed E-state index contributed by atoms with van der Waals surface area (Å²) in [6.07, 6.45) is 7.73. The van der Waals surface area contributed by atoms with E-state index in [9.17, 15) is 9.90 Å². The number of carbonyl (C=O) groups is 1. The van der Waals surface area contributed by atoms with E-state index in [0.29, 0.717) is 6.54 Å². The zero-order valence-electron chi connectivity index (χ0n) is 27.9. The first-order chi connectivity index (χ1) is 24.0. The summed E-state index contributed by atoms with van der Waals surface area (Å²) in [5.74, 6) is 3.24. The first-order valence-electron chi connectivity index (χ1n) is 17.9. The average Bonchev–Trinajstić information content (AvgIpc) is 3.13. The number of carbonyl (C=O) groups excluding carboxylic acids is 1. The molecule has 7 heteroatoms. The summed E-state index contributed by atoms with van der Waals surface area (Å²) >= 11 is 1.80. The highest BCUT2D eigenvalue weighted by atomic mass is 32.2. The molecule has 4 saturated carbocycles. The molecule has 0 aromatic heterocycles. The van der Waals surface area contributed by atoms with Crippen LogP contribution in [0.1, 0.15) is 79.6 Å². The molecule has 49 heavy (non-hydrogen) atoms. The Balaban J connectivity index is 0.919. The van der Waals surface area contributed by atoms with E-state index in [-0.39, 0.29) is 30.4 Å². The highest BCUT2D eigenvalue weighted by Crippen LogP contribution is 2.55. The van der Waals surface area contributed by atoms with Gasteiger partial charge in [-0.3, -0.25) is 0 Å². The van der Waals surface area contributed by atoms with Gasteiger partial charge in [0.1, 0.15) is 0 Å². The number of aliphatic hydroxyl groups is 1. The van der Waals surface area contributed by atoms with Crippen LogP contribution in [-0.2, 0) is 22.6 Å². The fourth-order valence-electron chi connectivity index (χ4n) is 9.15. The lowest BCUT2D eigenvalue weighted by Crippen LogP contribution is -2.61. The van der Waals surface area contributed by atoms with E-state index in [0.717, 1.165) is 82.6 Å². The van der Waals surface area contributed by atoms with Gasteiger partial charge in [-0.1, -0.05) is 84.9 Å². The molecule has 5 fully saturated rings. The number of hydrogen-bond donors (Lipinski definition) is 3. The summed E-state index contributed by atoms with van der Waals surface area (Å²) in [4.78, 5) is 14.3. The Kier molecular flexibility index (Phi) is 9.52. The van der Waals surface area contributed by atoms with Crippen LogP contribution in [0, 0.1) is 17.8 Å². The minimum atomic E-state index is -0.491. The van der Waals surface area contributed by atoms with Gasteiger partial charge in [0.05, 0.1) is 18.8 Å². The Morgan fingerprint density at radius 1 is 0.735 bits per heavy atom. The van der Waals surface area contributed by atoms with E-state index in [4.69, 9.17) is 9.47 Å². The molecule has 3 atom stereocenters. The summed E-state index contributed by atoms with van der Waals surface area (Å²) in [5, 5.41) is 16.1. The minimum Gasteiger partial charge on any atom is -0.392 e. The molecule has 1 heterocycles. The number of urea groups is 1. The Morgan fingerprint density at radius 2 is 1.43 bits per heavy atom. The molecule has 1 aliphatic heterocycles. The topological polar surface area (TPSA) is 79.8 Å². The van der Waals surface area contributed by atoms with Gasteiger partial charge in [0.15, 0.2) is 6.29 Å². The van der Waals surface area contributed by atoms with Crippen molar-refractivity contribution in [3.8, 4) is 11.1 Å². The smallest absolute Gasteiger partial charge is 0.315 e. The summed E-state index contributed by atoms with van der Waals surface area (Å²) in [5.41, 5.74) is 6.26. The summed E-state index contributed by atoms with van der Waals surface area (Å²) in [7, 11) is 0. The fraction of sp³-hybridized carbons (Fsp3) is 0.405. The van der Waals surface area contributed by atoms with Gasteiger partial charge in [0, 0.05) is 34.7 Å². The van der Waals surface area contributed by atoms with Gasteiger partial charge in [-0.05, 0) is 102 Å². The molecule has 0 spiro atoms. The number of amides is 2. The van der Waals surface area contributed by atoms with Gasteiger partial charge in [-0.15, -0.1) is 11.8 Å². The largest absolute Gasteiger partial charge is 0.392 e. The molecule has 3 N–H and O–H groups in total. The van der Waals surface area contributed by atoms with Crippen molar-refractivity contribution in [2.24, 2.45) is 17.8 Å². The highest BCUT2D eigenvalue weighted by Gasteiger charge is 2.51.